The second-order valence-corrected chi connectivity index (χ2v) is 6.80. The average molecular weight is 373 g/mol. The summed E-state index contributed by atoms with van der Waals surface area (Å²) < 4.78 is 4.90. The van der Waals surface area contributed by atoms with Crippen molar-refractivity contribution in [3.63, 3.8) is 0 Å². The van der Waals surface area contributed by atoms with E-state index in [-0.39, 0.29) is 11.1 Å². The highest BCUT2D eigenvalue weighted by Crippen LogP contribution is 2.31. The van der Waals surface area contributed by atoms with Crippen LogP contribution in [0.2, 0.25) is 0 Å². The predicted molar refractivity (Wildman–Crippen MR) is 90.5 cm³/mol. The maximum absolute atomic E-state index is 13.3. The fraction of sp³-hybridized carbons (Fsp3) is 0.444. The highest BCUT2D eigenvalue weighted by Gasteiger charge is 2.48. The number of imide groups is 1. The molecule has 0 bridgehead atoms. The van der Waals surface area contributed by atoms with Crippen LogP contribution >= 0.6 is 0 Å². The monoisotopic (exact) mass is 373 g/mol. The third-order valence-corrected chi connectivity index (χ3v) is 5.22. The van der Waals surface area contributed by atoms with Crippen LogP contribution in [0.5, 0.6) is 0 Å². The number of carboxylic acid groups (broad SMARTS) is 1. The Morgan fingerprint density at radius 2 is 1.59 bits per heavy atom. The summed E-state index contributed by atoms with van der Waals surface area (Å²) in [5.74, 6) is -1.46. The van der Waals surface area contributed by atoms with E-state index in [1.54, 1.807) is 29.3 Å². The molecule has 3 aliphatic heterocycles. The summed E-state index contributed by atoms with van der Waals surface area (Å²) in [6, 6.07) is 5.51. The topological polar surface area (TPSA) is 107 Å². The van der Waals surface area contributed by atoms with Crippen molar-refractivity contribution in [1.82, 2.24) is 14.9 Å². The number of hydrogen-bond donors (Lipinski definition) is 1. The van der Waals surface area contributed by atoms with Gasteiger partial charge in [-0.1, -0.05) is 12.1 Å². The quantitative estimate of drug-likeness (QED) is 0.615. The smallest absolute Gasteiger partial charge is 0.450 e. The van der Waals surface area contributed by atoms with Gasteiger partial charge in [0.05, 0.1) is 11.1 Å². The summed E-state index contributed by atoms with van der Waals surface area (Å²) in [7, 11) is 0. The lowest BCUT2D eigenvalue weighted by molar-refractivity contribution is -0.191. The molecule has 0 unspecified atom stereocenters. The average Bonchev–Trinajstić information content (AvgIpc) is 2.78. The van der Waals surface area contributed by atoms with Gasteiger partial charge in [-0.15, -0.1) is 0 Å². The molecule has 0 aliphatic carbocycles. The number of nitrogens with zero attached hydrogens (tertiary/aromatic N) is 3. The van der Waals surface area contributed by atoms with Crippen LogP contribution in [0.25, 0.3) is 0 Å². The van der Waals surface area contributed by atoms with Gasteiger partial charge in [0.15, 0.2) is 6.23 Å². The first-order valence-electron chi connectivity index (χ1n) is 8.93. The van der Waals surface area contributed by atoms with E-state index in [0.717, 1.165) is 4.90 Å². The van der Waals surface area contributed by atoms with Crippen molar-refractivity contribution in [3.05, 3.63) is 35.4 Å². The zero-order chi connectivity index (χ0) is 19.1. The highest BCUT2D eigenvalue weighted by atomic mass is 16.7. The van der Waals surface area contributed by atoms with Crippen molar-refractivity contribution >= 4 is 23.9 Å². The van der Waals surface area contributed by atoms with Crippen molar-refractivity contribution in [2.75, 3.05) is 13.1 Å². The molecule has 0 aromatic heterocycles. The molecule has 0 saturated carbocycles. The molecule has 3 amide bonds. The minimum absolute atomic E-state index is 0.286. The zero-order valence-electron chi connectivity index (χ0n) is 14.5. The molecule has 1 N–H and O–H groups in total. The SMILES string of the molecule is O=C(O)O[C@H]1CCCN2CCC[C@H](N3C(=O)c4ccccc4C3=O)C(=O)N12. The van der Waals surface area contributed by atoms with Crippen LogP contribution < -0.4 is 0 Å². The second-order valence-electron chi connectivity index (χ2n) is 6.80. The number of benzene rings is 1. The molecule has 142 valence electrons. The van der Waals surface area contributed by atoms with E-state index < -0.39 is 36.1 Å². The lowest BCUT2D eigenvalue weighted by Crippen LogP contribution is -2.60. The molecule has 2 saturated heterocycles. The zero-order valence-corrected chi connectivity index (χ0v) is 14.5. The van der Waals surface area contributed by atoms with Crippen LogP contribution in [0.3, 0.4) is 0 Å². The standard InChI is InChI=1S/C18H19N3O6/c22-15-11-5-1-2-6-12(11)16(23)20(15)13-7-3-9-19-10-4-8-14(27-18(25)26)21(19)17(13)24/h1-2,5-6,13-14H,3-4,7-10H2,(H,25,26)/t13-,14-/m0/s1. The maximum Gasteiger partial charge on any atom is 0.507 e. The Balaban J connectivity index is 1.66. The largest absolute Gasteiger partial charge is 0.507 e. The summed E-state index contributed by atoms with van der Waals surface area (Å²) in [5, 5.41) is 12.0. The molecule has 0 spiro atoms. The number of hydrazine groups is 1. The fourth-order valence-electron chi connectivity index (χ4n) is 4.06. The number of fused-ring (bicyclic) bond motifs is 2. The van der Waals surface area contributed by atoms with Gasteiger partial charge >= 0.3 is 6.16 Å². The van der Waals surface area contributed by atoms with E-state index in [0.29, 0.717) is 38.8 Å². The van der Waals surface area contributed by atoms with Crippen molar-refractivity contribution < 1.29 is 29.0 Å². The molecule has 2 atom stereocenters. The minimum Gasteiger partial charge on any atom is -0.450 e. The summed E-state index contributed by atoms with van der Waals surface area (Å²) in [6.45, 7) is 1.13. The fourth-order valence-corrected chi connectivity index (χ4v) is 4.06. The number of carbonyl (C=O) groups excluding carboxylic acids is 3. The van der Waals surface area contributed by atoms with E-state index in [9.17, 15) is 19.2 Å². The molecule has 2 fully saturated rings. The first kappa shape index (κ1) is 17.5. The van der Waals surface area contributed by atoms with E-state index in [2.05, 4.69) is 0 Å². The van der Waals surface area contributed by atoms with Crippen molar-refractivity contribution in [2.45, 2.75) is 38.0 Å². The van der Waals surface area contributed by atoms with Gasteiger partial charge in [0.1, 0.15) is 6.04 Å². The summed E-state index contributed by atoms with van der Waals surface area (Å²) in [4.78, 5) is 50.9. The Bertz CT molecular complexity index is 790. The lowest BCUT2D eigenvalue weighted by atomic mass is 10.1. The lowest BCUT2D eigenvalue weighted by Gasteiger charge is -2.43. The second kappa shape index (κ2) is 6.66. The van der Waals surface area contributed by atoms with Gasteiger partial charge in [-0.3, -0.25) is 19.3 Å². The van der Waals surface area contributed by atoms with Gasteiger partial charge in [0.25, 0.3) is 17.7 Å². The van der Waals surface area contributed by atoms with Crippen LogP contribution in [0.4, 0.5) is 4.79 Å². The first-order chi connectivity index (χ1) is 13.0. The number of hydrogen-bond acceptors (Lipinski definition) is 6. The predicted octanol–water partition coefficient (Wildman–Crippen LogP) is 1.31. The number of carbonyl (C=O) groups is 4. The van der Waals surface area contributed by atoms with Crippen LogP contribution in [0.15, 0.2) is 24.3 Å². The molecule has 3 aliphatic rings. The summed E-state index contributed by atoms with van der Waals surface area (Å²) in [6.07, 6.45) is -0.407. The Kier molecular flexibility index (Phi) is 4.31. The molecule has 0 radical (unpaired) electrons. The third-order valence-electron chi connectivity index (χ3n) is 5.22. The molecule has 9 heteroatoms. The van der Waals surface area contributed by atoms with Crippen LogP contribution in [0.1, 0.15) is 46.4 Å². The van der Waals surface area contributed by atoms with Crippen LogP contribution in [-0.4, -0.2) is 69.3 Å². The van der Waals surface area contributed by atoms with Gasteiger partial charge in [-0.05, 0) is 31.4 Å². The minimum atomic E-state index is -1.46. The van der Waals surface area contributed by atoms with E-state index >= 15 is 0 Å². The number of rotatable bonds is 2. The van der Waals surface area contributed by atoms with Gasteiger partial charge in [0.2, 0.25) is 0 Å². The van der Waals surface area contributed by atoms with E-state index in [1.165, 1.54) is 5.01 Å². The Labute approximate surface area is 155 Å². The van der Waals surface area contributed by atoms with Crippen molar-refractivity contribution in [3.8, 4) is 0 Å². The van der Waals surface area contributed by atoms with Crippen molar-refractivity contribution in [2.24, 2.45) is 0 Å². The Morgan fingerprint density at radius 3 is 2.19 bits per heavy atom. The molecule has 1 aromatic rings. The highest BCUT2D eigenvalue weighted by molar-refractivity contribution is 6.22. The van der Waals surface area contributed by atoms with E-state index in [4.69, 9.17) is 9.84 Å². The summed E-state index contributed by atoms with van der Waals surface area (Å²) >= 11 is 0. The van der Waals surface area contributed by atoms with Gasteiger partial charge in [-0.2, -0.15) is 0 Å². The third kappa shape index (κ3) is 2.84. The van der Waals surface area contributed by atoms with Gasteiger partial charge in [0, 0.05) is 19.5 Å². The maximum atomic E-state index is 13.3. The van der Waals surface area contributed by atoms with Crippen molar-refractivity contribution in [1.29, 1.82) is 0 Å². The molecule has 9 nitrogen and oxygen atoms in total. The Hall–Kier alpha value is -2.94. The first-order valence-corrected chi connectivity index (χ1v) is 8.93. The summed E-state index contributed by atoms with van der Waals surface area (Å²) in [5.41, 5.74) is 0.571. The van der Waals surface area contributed by atoms with Crippen LogP contribution in [0, 0.1) is 0 Å². The molecular weight excluding hydrogens is 354 g/mol. The number of ether oxygens (including phenoxy) is 1. The molecule has 27 heavy (non-hydrogen) atoms. The molecule has 1 aromatic carbocycles. The Morgan fingerprint density at radius 1 is 1.00 bits per heavy atom. The normalized spacial score (nSPS) is 25.9. The molecule has 3 heterocycles. The van der Waals surface area contributed by atoms with Gasteiger partial charge in [-0.25, -0.2) is 14.8 Å². The van der Waals surface area contributed by atoms with Gasteiger partial charge < -0.3 is 9.84 Å². The van der Waals surface area contributed by atoms with E-state index in [1.807, 2.05) is 0 Å². The van der Waals surface area contributed by atoms with Crippen LogP contribution in [-0.2, 0) is 9.53 Å². The molecule has 4 rings (SSSR count). The number of amides is 3. The molecular formula is C18H19N3O6.